The molecule has 1 unspecified atom stereocenters. The molecular weight excluding hydrogens is 234 g/mol. The molecule has 1 aliphatic rings. The van der Waals surface area contributed by atoms with Crippen LogP contribution in [-0.4, -0.2) is 22.1 Å². The molecule has 1 N–H and O–H groups in total. The van der Waals surface area contributed by atoms with Crippen LogP contribution in [0.1, 0.15) is 32.6 Å². The highest BCUT2D eigenvalue weighted by Gasteiger charge is 2.22. The van der Waals surface area contributed by atoms with Crippen LogP contribution in [0.25, 0.3) is 11.0 Å². The van der Waals surface area contributed by atoms with E-state index in [1.807, 2.05) is 12.4 Å². The molecule has 1 aromatic carbocycles. The van der Waals surface area contributed by atoms with Crippen LogP contribution >= 0.6 is 0 Å². The molecular formula is C16H23N3. The van der Waals surface area contributed by atoms with Gasteiger partial charge in [0.2, 0.25) is 0 Å². The first-order valence-corrected chi connectivity index (χ1v) is 7.46. The van der Waals surface area contributed by atoms with Gasteiger partial charge in [0, 0.05) is 12.6 Å². The van der Waals surface area contributed by atoms with Crippen LogP contribution in [0.3, 0.4) is 0 Å². The zero-order valence-corrected chi connectivity index (χ0v) is 11.7. The zero-order valence-electron chi connectivity index (χ0n) is 11.7. The Labute approximate surface area is 115 Å². The van der Waals surface area contributed by atoms with Gasteiger partial charge in [0.05, 0.1) is 17.4 Å². The molecule has 3 heteroatoms. The summed E-state index contributed by atoms with van der Waals surface area (Å²) in [6.07, 6.45) is 7.38. The van der Waals surface area contributed by atoms with Crippen molar-refractivity contribution in [1.82, 2.24) is 14.9 Å². The minimum absolute atomic E-state index is 0.673. The number of rotatable bonds is 7. The second-order valence-corrected chi connectivity index (χ2v) is 5.81. The third-order valence-electron chi connectivity index (χ3n) is 3.98. The molecule has 0 bridgehead atoms. The molecule has 19 heavy (non-hydrogen) atoms. The Kier molecular flexibility index (Phi) is 3.83. The van der Waals surface area contributed by atoms with Gasteiger partial charge in [-0.15, -0.1) is 0 Å². The fourth-order valence-corrected chi connectivity index (χ4v) is 2.72. The van der Waals surface area contributed by atoms with E-state index in [2.05, 4.69) is 40.0 Å². The molecule has 1 atom stereocenters. The van der Waals surface area contributed by atoms with E-state index in [0.29, 0.717) is 6.04 Å². The number of para-hydroxylation sites is 2. The van der Waals surface area contributed by atoms with Gasteiger partial charge in [-0.2, -0.15) is 0 Å². The van der Waals surface area contributed by atoms with Crippen LogP contribution in [0.2, 0.25) is 0 Å². The fraction of sp³-hybridized carbons (Fsp3) is 0.562. The van der Waals surface area contributed by atoms with Gasteiger partial charge in [-0.25, -0.2) is 4.98 Å². The predicted octanol–water partition coefficient (Wildman–Crippen LogP) is 3.20. The van der Waals surface area contributed by atoms with Crippen LogP contribution in [0.4, 0.5) is 0 Å². The molecule has 0 spiro atoms. The molecule has 0 radical (unpaired) electrons. The molecule has 0 aliphatic heterocycles. The number of aryl methyl sites for hydroxylation is 1. The lowest BCUT2D eigenvalue weighted by atomic mass is 10.1. The molecule has 0 saturated heterocycles. The largest absolute Gasteiger partial charge is 0.331 e. The lowest BCUT2D eigenvalue weighted by molar-refractivity contribution is 0.471. The van der Waals surface area contributed by atoms with E-state index in [1.165, 1.54) is 24.8 Å². The van der Waals surface area contributed by atoms with Crippen molar-refractivity contribution in [3.8, 4) is 0 Å². The van der Waals surface area contributed by atoms with Crippen molar-refractivity contribution < 1.29 is 0 Å². The number of benzene rings is 1. The van der Waals surface area contributed by atoms with Crippen molar-refractivity contribution in [2.24, 2.45) is 5.92 Å². The molecule has 102 valence electrons. The summed E-state index contributed by atoms with van der Waals surface area (Å²) < 4.78 is 2.25. The second-order valence-electron chi connectivity index (χ2n) is 5.81. The van der Waals surface area contributed by atoms with Gasteiger partial charge in [0.25, 0.3) is 0 Å². The first kappa shape index (κ1) is 12.7. The zero-order chi connectivity index (χ0) is 13.1. The van der Waals surface area contributed by atoms with Crippen molar-refractivity contribution >= 4 is 11.0 Å². The average Bonchev–Trinajstić information content (AvgIpc) is 3.14. The number of fused-ring (bicyclic) bond motifs is 1. The maximum Gasteiger partial charge on any atom is 0.0958 e. The molecule has 2 aromatic rings. The Morgan fingerprint density at radius 3 is 3.05 bits per heavy atom. The number of nitrogens with zero attached hydrogens (tertiary/aromatic N) is 2. The third-order valence-corrected chi connectivity index (χ3v) is 3.98. The van der Waals surface area contributed by atoms with Gasteiger partial charge >= 0.3 is 0 Å². The van der Waals surface area contributed by atoms with E-state index in [0.717, 1.165) is 30.9 Å². The quantitative estimate of drug-likeness (QED) is 0.772. The van der Waals surface area contributed by atoms with Crippen LogP contribution < -0.4 is 5.32 Å². The molecule has 3 rings (SSSR count). The highest BCUT2D eigenvalue weighted by molar-refractivity contribution is 5.74. The Hall–Kier alpha value is -1.35. The topological polar surface area (TPSA) is 29.9 Å². The van der Waals surface area contributed by atoms with E-state index in [9.17, 15) is 0 Å². The Balaban J connectivity index is 1.44. The van der Waals surface area contributed by atoms with Crippen molar-refractivity contribution in [2.45, 2.75) is 45.2 Å². The van der Waals surface area contributed by atoms with Crippen LogP contribution in [0.15, 0.2) is 30.6 Å². The Morgan fingerprint density at radius 2 is 2.21 bits per heavy atom. The van der Waals surface area contributed by atoms with Gasteiger partial charge in [0.15, 0.2) is 0 Å². The van der Waals surface area contributed by atoms with E-state index in [4.69, 9.17) is 0 Å². The van der Waals surface area contributed by atoms with Gasteiger partial charge in [-0.3, -0.25) is 0 Å². The highest BCUT2D eigenvalue weighted by atomic mass is 15.0. The van der Waals surface area contributed by atoms with Crippen LogP contribution in [0, 0.1) is 5.92 Å². The van der Waals surface area contributed by atoms with Gasteiger partial charge < -0.3 is 9.88 Å². The summed E-state index contributed by atoms with van der Waals surface area (Å²) in [5.74, 6) is 1.01. The van der Waals surface area contributed by atoms with Gasteiger partial charge in [-0.05, 0) is 44.4 Å². The van der Waals surface area contributed by atoms with Crippen molar-refractivity contribution in [2.75, 3.05) is 6.54 Å². The normalized spacial score (nSPS) is 16.9. The SMILES string of the molecule is CC(CC1CC1)NCCCn1cnc2ccccc21. The van der Waals surface area contributed by atoms with E-state index < -0.39 is 0 Å². The second kappa shape index (κ2) is 5.74. The smallest absolute Gasteiger partial charge is 0.0958 e. The monoisotopic (exact) mass is 257 g/mol. The minimum Gasteiger partial charge on any atom is -0.331 e. The third kappa shape index (κ3) is 3.35. The van der Waals surface area contributed by atoms with Gasteiger partial charge in [-0.1, -0.05) is 25.0 Å². The predicted molar refractivity (Wildman–Crippen MR) is 79.2 cm³/mol. The first-order valence-electron chi connectivity index (χ1n) is 7.46. The highest BCUT2D eigenvalue weighted by Crippen LogP contribution is 2.33. The number of hydrogen-bond donors (Lipinski definition) is 1. The molecule has 1 saturated carbocycles. The van der Waals surface area contributed by atoms with Crippen molar-refractivity contribution in [3.63, 3.8) is 0 Å². The maximum atomic E-state index is 4.42. The molecule has 1 aliphatic carbocycles. The molecule has 3 nitrogen and oxygen atoms in total. The lowest BCUT2D eigenvalue weighted by Gasteiger charge is -2.13. The Bertz CT molecular complexity index is 528. The number of nitrogens with one attached hydrogen (secondary N) is 1. The van der Waals surface area contributed by atoms with E-state index >= 15 is 0 Å². The summed E-state index contributed by atoms with van der Waals surface area (Å²) in [5.41, 5.74) is 2.34. The summed E-state index contributed by atoms with van der Waals surface area (Å²) in [5, 5.41) is 3.63. The maximum absolute atomic E-state index is 4.42. The van der Waals surface area contributed by atoms with Crippen LogP contribution in [-0.2, 0) is 6.54 Å². The molecule has 1 fully saturated rings. The number of hydrogen-bond acceptors (Lipinski definition) is 2. The average molecular weight is 257 g/mol. The first-order chi connectivity index (χ1) is 9.33. The summed E-state index contributed by atoms with van der Waals surface area (Å²) in [7, 11) is 0. The molecule has 1 heterocycles. The summed E-state index contributed by atoms with van der Waals surface area (Å²) >= 11 is 0. The van der Waals surface area contributed by atoms with Gasteiger partial charge in [0.1, 0.15) is 0 Å². The Morgan fingerprint density at radius 1 is 1.37 bits per heavy atom. The van der Waals surface area contributed by atoms with E-state index in [1.54, 1.807) is 0 Å². The van der Waals surface area contributed by atoms with Crippen molar-refractivity contribution in [1.29, 1.82) is 0 Å². The number of aromatic nitrogens is 2. The van der Waals surface area contributed by atoms with E-state index in [-0.39, 0.29) is 0 Å². The molecule has 0 amide bonds. The van der Waals surface area contributed by atoms with Crippen molar-refractivity contribution in [3.05, 3.63) is 30.6 Å². The summed E-state index contributed by atoms with van der Waals surface area (Å²) in [6, 6.07) is 9.01. The summed E-state index contributed by atoms with van der Waals surface area (Å²) in [6.45, 7) is 4.45. The summed E-state index contributed by atoms with van der Waals surface area (Å²) in [4.78, 5) is 4.42. The minimum atomic E-state index is 0.673. The number of imidazole rings is 1. The molecule has 1 aromatic heterocycles. The fourth-order valence-electron chi connectivity index (χ4n) is 2.72. The standard InChI is InChI=1S/C16H23N3/c1-13(11-14-7-8-14)17-9-4-10-19-12-18-15-5-2-3-6-16(15)19/h2-3,5-6,12-14,17H,4,7-11H2,1H3. The van der Waals surface area contributed by atoms with Crippen LogP contribution in [0.5, 0.6) is 0 Å². The lowest BCUT2D eigenvalue weighted by Crippen LogP contribution is -2.28.